The number of nitrogens with two attached hydrogens (primary N) is 1. The number of carbonyl (C=O) groups is 1. The molecule has 1 aromatic rings. The first-order valence-corrected chi connectivity index (χ1v) is 4.74. The van der Waals surface area contributed by atoms with Gasteiger partial charge in [-0.25, -0.2) is 0 Å². The molecular formula is C9H10BrN3O. The topological polar surface area (TPSA) is 67.5 Å². The second-order valence-corrected chi connectivity index (χ2v) is 3.60. The minimum absolute atomic E-state index is 0.243. The minimum atomic E-state index is -0.533. The molecule has 74 valence electrons. The molecule has 0 aliphatic heterocycles. The molecule has 1 aromatic carbocycles. The van der Waals surface area contributed by atoms with Gasteiger partial charge >= 0.3 is 0 Å². The second kappa shape index (κ2) is 4.76. The van der Waals surface area contributed by atoms with E-state index in [9.17, 15) is 4.79 Å². The Labute approximate surface area is 90.3 Å². The number of hydrazone groups is 1. The van der Waals surface area contributed by atoms with Gasteiger partial charge in [-0.3, -0.25) is 10.2 Å². The first-order valence-electron chi connectivity index (χ1n) is 3.95. The highest BCUT2D eigenvalue weighted by atomic mass is 79.9. The molecule has 1 amide bonds. The zero-order valence-electron chi connectivity index (χ0n) is 7.62. The highest BCUT2D eigenvalue weighted by Gasteiger charge is 1.97. The molecule has 0 unspecified atom stereocenters. The van der Waals surface area contributed by atoms with E-state index in [-0.39, 0.29) is 5.71 Å². The van der Waals surface area contributed by atoms with Gasteiger partial charge in [-0.05, 0) is 31.2 Å². The third-order valence-corrected chi connectivity index (χ3v) is 2.08. The average Bonchev–Trinajstić information content (AvgIpc) is 2.16. The lowest BCUT2D eigenvalue weighted by molar-refractivity contribution is -0.112. The Morgan fingerprint density at radius 2 is 2.00 bits per heavy atom. The Morgan fingerprint density at radius 1 is 1.43 bits per heavy atom. The van der Waals surface area contributed by atoms with Crippen LogP contribution in [0.4, 0.5) is 5.69 Å². The van der Waals surface area contributed by atoms with E-state index in [0.29, 0.717) is 0 Å². The lowest BCUT2D eigenvalue weighted by Gasteiger charge is -2.00. The molecule has 0 spiro atoms. The van der Waals surface area contributed by atoms with Crippen molar-refractivity contribution in [3.8, 4) is 0 Å². The average molecular weight is 256 g/mol. The van der Waals surface area contributed by atoms with Gasteiger partial charge in [0.1, 0.15) is 5.71 Å². The van der Waals surface area contributed by atoms with Gasteiger partial charge in [0, 0.05) is 4.47 Å². The molecule has 0 fully saturated rings. The number of benzene rings is 1. The summed E-state index contributed by atoms with van der Waals surface area (Å²) in [5, 5.41) is 3.80. The van der Waals surface area contributed by atoms with Crippen LogP contribution in [0.2, 0.25) is 0 Å². The summed E-state index contributed by atoms with van der Waals surface area (Å²) in [4.78, 5) is 10.6. The van der Waals surface area contributed by atoms with Crippen LogP contribution in [0.1, 0.15) is 6.92 Å². The number of hydrogen-bond acceptors (Lipinski definition) is 3. The van der Waals surface area contributed by atoms with Crippen molar-refractivity contribution in [3.05, 3.63) is 28.7 Å². The number of nitrogens with zero attached hydrogens (tertiary/aromatic N) is 1. The molecule has 4 nitrogen and oxygen atoms in total. The molecule has 1 rings (SSSR count). The Hall–Kier alpha value is -1.36. The summed E-state index contributed by atoms with van der Waals surface area (Å²) in [6, 6.07) is 7.42. The van der Waals surface area contributed by atoms with Gasteiger partial charge in [-0.1, -0.05) is 15.9 Å². The quantitative estimate of drug-likeness (QED) is 0.638. The van der Waals surface area contributed by atoms with Crippen LogP contribution in [0.3, 0.4) is 0 Å². The van der Waals surface area contributed by atoms with Crippen LogP contribution < -0.4 is 11.2 Å². The molecule has 14 heavy (non-hydrogen) atoms. The number of primary amides is 1. The van der Waals surface area contributed by atoms with Gasteiger partial charge in [-0.15, -0.1) is 0 Å². The number of nitrogens with one attached hydrogen (secondary N) is 1. The Bertz CT molecular complexity index is 359. The van der Waals surface area contributed by atoms with Crippen molar-refractivity contribution < 1.29 is 4.79 Å². The number of hydrogen-bond donors (Lipinski definition) is 2. The van der Waals surface area contributed by atoms with Crippen molar-refractivity contribution in [1.29, 1.82) is 0 Å². The van der Waals surface area contributed by atoms with E-state index in [1.54, 1.807) is 6.92 Å². The molecule has 0 atom stereocenters. The Kier molecular flexibility index (Phi) is 3.64. The lowest BCUT2D eigenvalue weighted by atomic mass is 10.3. The number of carbonyl (C=O) groups excluding carboxylic acids is 1. The number of rotatable bonds is 3. The molecule has 0 aromatic heterocycles. The number of halogens is 1. The van der Waals surface area contributed by atoms with Crippen molar-refractivity contribution in [1.82, 2.24) is 0 Å². The fraction of sp³-hybridized carbons (Fsp3) is 0.111. The summed E-state index contributed by atoms with van der Waals surface area (Å²) in [5.41, 5.74) is 8.77. The van der Waals surface area contributed by atoms with Crippen LogP contribution in [0.5, 0.6) is 0 Å². The second-order valence-electron chi connectivity index (χ2n) is 2.68. The molecular weight excluding hydrogens is 246 g/mol. The van der Waals surface area contributed by atoms with Gasteiger partial charge in [0.05, 0.1) is 5.69 Å². The molecule has 0 heterocycles. The third kappa shape index (κ3) is 3.18. The van der Waals surface area contributed by atoms with Gasteiger partial charge in [-0.2, -0.15) is 5.10 Å². The van der Waals surface area contributed by atoms with Crippen LogP contribution in [-0.2, 0) is 4.79 Å². The van der Waals surface area contributed by atoms with Crippen LogP contribution in [-0.4, -0.2) is 11.6 Å². The molecule has 0 aliphatic rings. The molecule has 0 bridgehead atoms. The first kappa shape index (κ1) is 10.7. The largest absolute Gasteiger partial charge is 0.365 e. The van der Waals surface area contributed by atoms with Gasteiger partial charge in [0.15, 0.2) is 0 Å². The van der Waals surface area contributed by atoms with Crippen molar-refractivity contribution >= 4 is 33.2 Å². The molecule has 0 radical (unpaired) electrons. The highest BCUT2D eigenvalue weighted by Crippen LogP contribution is 2.13. The number of amides is 1. The molecule has 5 heteroatoms. The SMILES string of the molecule is CC(=NNc1ccc(Br)cc1)C(N)=O. The van der Waals surface area contributed by atoms with Crippen LogP contribution in [0.25, 0.3) is 0 Å². The maximum absolute atomic E-state index is 10.6. The van der Waals surface area contributed by atoms with E-state index in [0.717, 1.165) is 10.2 Å². The fourth-order valence-electron chi connectivity index (χ4n) is 0.728. The summed E-state index contributed by atoms with van der Waals surface area (Å²) in [6.45, 7) is 1.55. The maximum Gasteiger partial charge on any atom is 0.264 e. The predicted octanol–water partition coefficient (Wildman–Crippen LogP) is 1.72. The maximum atomic E-state index is 10.6. The summed E-state index contributed by atoms with van der Waals surface area (Å²) >= 11 is 3.31. The monoisotopic (exact) mass is 255 g/mol. The highest BCUT2D eigenvalue weighted by molar-refractivity contribution is 9.10. The van der Waals surface area contributed by atoms with Crippen molar-refractivity contribution in [3.63, 3.8) is 0 Å². The first-order chi connectivity index (χ1) is 6.59. The van der Waals surface area contributed by atoms with E-state index < -0.39 is 5.91 Å². The van der Waals surface area contributed by atoms with E-state index in [4.69, 9.17) is 5.73 Å². The van der Waals surface area contributed by atoms with Crippen LogP contribution in [0.15, 0.2) is 33.8 Å². The van der Waals surface area contributed by atoms with Crippen LogP contribution >= 0.6 is 15.9 Å². The van der Waals surface area contributed by atoms with Crippen molar-refractivity contribution in [2.45, 2.75) is 6.92 Å². The number of anilines is 1. The Balaban J connectivity index is 2.66. The molecule has 3 N–H and O–H groups in total. The van der Waals surface area contributed by atoms with E-state index >= 15 is 0 Å². The molecule has 0 saturated heterocycles. The zero-order valence-corrected chi connectivity index (χ0v) is 9.21. The summed E-state index contributed by atoms with van der Waals surface area (Å²) < 4.78 is 0.985. The standard InChI is InChI=1S/C9H10BrN3O/c1-6(9(11)14)12-13-8-4-2-7(10)3-5-8/h2-5,13H,1H3,(H2,11,14). The third-order valence-electron chi connectivity index (χ3n) is 1.55. The van der Waals surface area contributed by atoms with E-state index in [1.807, 2.05) is 24.3 Å². The summed E-state index contributed by atoms with van der Waals surface area (Å²) in [5.74, 6) is -0.533. The van der Waals surface area contributed by atoms with Gasteiger partial charge in [0.25, 0.3) is 5.91 Å². The molecule has 0 aliphatic carbocycles. The van der Waals surface area contributed by atoms with Crippen molar-refractivity contribution in [2.75, 3.05) is 5.43 Å². The normalized spacial score (nSPS) is 11.1. The van der Waals surface area contributed by atoms with E-state index in [2.05, 4.69) is 26.5 Å². The smallest absolute Gasteiger partial charge is 0.264 e. The molecule has 0 saturated carbocycles. The summed E-state index contributed by atoms with van der Waals surface area (Å²) in [7, 11) is 0. The van der Waals surface area contributed by atoms with Crippen molar-refractivity contribution in [2.24, 2.45) is 10.8 Å². The fourth-order valence-corrected chi connectivity index (χ4v) is 0.992. The predicted molar refractivity (Wildman–Crippen MR) is 60.1 cm³/mol. The van der Waals surface area contributed by atoms with Gasteiger partial charge < -0.3 is 5.73 Å². The lowest BCUT2D eigenvalue weighted by Crippen LogP contribution is -2.21. The van der Waals surface area contributed by atoms with E-state index in [1.165, 1.54) is 0 Å². The summed E-state index contributed by atoms with van der Waals surface area (Å²) in [6.07, 6.45) is 0. The minimum Gasteiger partial charge on any atom is -0.365 e. The van der Waals surface area contributed by atoms with Crippen LogP contribution in [0, 0.1) is 0 Å². The zero-order chi connectivity index (χ0) is 10.6. The van der Waals surface area contributed by atoms with Gasteiger partial charge in [0.2, 0.25) is 0 Å². The Morgan fingerprint density at radius 3 is 2.50 bits per heavy atom.